The molecule has 1 heterocycles. The molecular weight excluding hydrogens is 332 g/mol. The van der Waals surface area contributed by atoms with Gasteiger partial charge in [-0.3, -0.25) is 24.1 Å². The van der Waals surface area contributed by atoms with Gasteiger partial charge in [0.15, 0.2) is 0 Å². The van der Waals surface area contributed by atoms with Crippen LogP contribution in [0.3, 0.4) is 0 Å². The lowest BCUT2D eigenvalue weighted by Crippen LogP contribution is -2.60. The second-order valence-electron chi connectivity index (χ2n) is 6.06. The SMILES string of the molecule is C[C@H](C=O)N1C(=O)[C@H](N)CCC[C@H](NC(=O)[C@H](N)CCC(=O)O)C1=O. The number of hydrogen-bond acceptors (Lipinski definition) is 7. The van der Waals surface area contributed by atoms with E-state index in [9.17, 15) is 24.0 Å². The number of nitrogens with zero attached hydrogens (tertiary/aromatic N) is 1. The average molecular weight is 356 g/mol. The van der Waals surface area contributed by atoms with Gasteiger partial charge >= 0.3 is 5.97 Å². The number of nitrogens with two attached hydrogens (primary N) is 2. The smallest absolute Gasteiger partial charge is 0.303 e. The van der Waals surface area contributed by atoms with Gasteiger partial charge in [-0.1, -0.05) is 0 Å². The van der Waals surface area contributed by atoms with E-state index >= 15 is 0 Å². The van der Waals surface area contributed by atoms with Gasteiger partial charge in [-0.25, -0.2) is 0 Å². The third kappa shape index (κ3) is 5.61. The average Bonchev–Trinajstić information content (AvgIpc) is 2.57. The van der Waals surface area contributed by atoms with Crippen molar-refractivity contribution in [3.8, 4) is 0 Å². The van der Waals surface area contributed by atoms with E-state index in [4.69, 9.17) is 16.6 Å². The zero-order chi connectivity index (χ0) is 19.1. The van der Waals surface area contributed by atoms with Gasteiger partial charge in [0.05, 0.1) is 18.1 Å². The maximum Gasteiger partial charge on any atom is 0.303 e. The molecule has 0 bridgehead atoms. The first-order chi connectivity index (χ1) is 11.7. The van der Waals surface area contributed by atoms with Crippen molar-refractivity contribution in [1.29, 1.82) is 0 Å². The van der Waals surface area contributed by atoms with Gasteiger partial charge in [-0.15, -0.1) is 0 Å². The summed E-state index contributed by atoms with van der Waals surface area (Å²) in [5, 5.41) is 11.1. The normalized spacial score (nSPS) is 24.0. The third-order valence-electron chi connectivity index (χ3n) is 4.02. The van der Waals surface area contributed by atoms with E-state index in [0.29, 0.717) is 19.1 Å². The molecule has 1 rings (SSSR count). The van der Waals surface area contributed by atoms with Crippen molar-refractivity contribution in [2.75, 3.05) is 0 Å². The second kappa shape index (κ2) is 9.23. The first-order valence-electron chi connectivity index (χ1n) is 8.04. The van der Waals surface area contributed by atoms with Crippen molar-refractivity contribution in [2.24, 2.45) is 11.5 Å². The van der Waals surface area contributed by atoms with Crippen molar-refractivity contribution >= 4 is 30.0 Å². The number of nitrogens with one attached hydrogen (secondary N) is 1. The monoisotopic (exact) mass is 356 g/mol. The molecule has 1 fully saturated rings. The van der Waals surface area contributed by atoms with Crippen LogP contribution in [0.2, 0.25) is 0 Å². The molecule has 1 aliphatic rings. The minimum absolute atomic E-state index is 0.0830. The van der Waals surface area contributed by atoms with Gasteiger partial charge in [0.2, 0.25) is 11.8 Å². The standard InChI is InChI=1S/C15H24N4O6/c1-8(7-20)19-14(24)10(17)3-2-4-11(15(19)25)18-13(23)9(16)5-6-12(21)22/h7-11H,2-6,16-17H2,1H3,(H,18,23)(H,21,22)/t8-,9-,10-,11+/m1/s1. The minimum Gasteiger partial charge on any atom is -0.481 e. The Bertz CT molecular complexity index is 552. The predicted molar refractivity (Wildman–Crippen MR) is 86.0 cm³/mol. The minimum atomic E-state index is -1.09. The first-order valence-corrected chi connectivity index (χ1v) is 8.04. The largest absolute Gasteiger partial charge is 0.481 e. The fourth-order valence-electron chi connectivity index (χ4n) is 2.53. The Morgan fingerprint density at radius 2 is 2.00 bits per heavy atom. The van der Waals surface area contributed by atoms with Crippen LogP contribution in [0.15, 0.2) is 0 Å². The fourth-order valence-corrected chi connectivity index (χ4v) is 2.53. The van der Waals surface area contributed by atoms with E-state index in [1.165, 1.54) is 6.92 Å². The van der Waals surface area contributed by atoms with Crippen LogP contribution in [0.1, 0.15) is 39.0 Å². The number of imide groups is 1. The van der Waals surface area contributed by atoms with Crippen LogP contribution < -0.4 is 16.8 Å². The Balaban J connectivity index is 2.88. The summed E-state index contributed by atoms with van der Waals surface area (Å²) in [5.41, 5.74) is 11.4. The van der Waals surface area contributed by atoms with Gasteiger partial charge in [-0.2, -0.15) is 0 Å². The molecular formula is C15H24N4O6. The number of carbonyl (C=O) groups excluding carboxylic acids is 4. The summed E-state index contributed by atoms with van der Waals surface area (Å²) in [6, 6.07) is -4.02. The summed E-state index contributed by atoms with van der Waals surface area (Å²) in [6.07, 6.45) is 1.05. The second-order valence-corrected chi connectivity index (χ2v) is 6.06. The van der Waals surface area contributed by atoms with Gasteiger partial charge < -0.3 is 26.7 Å². The van der Waals surface area contributed by atoms with Gasteiger partial charge in [0.25, 0.3) is 5.91 Å². The lowest BCUT2D eigenvalue weighted by molar-refractivity contribution is -0.153. The first kappa shape index (κ1) is 20.7. The summed E-state index contributed by atoms with van der Waals surface area (Å²) >= 11 is 0. The lowest BCUT2D eigenvalue weighted by atomic mass is 9.98. The van der Waals surface area contributed by atoms with E-state index in [2.05, 4.69) is 5.32 Å². The Hall–Kier alpha value is -2.33. The molecule has 0 saturated carbocycles. The molecule has 25 heavy (non-hydrogen) atoms. The fraction of sp³-hybridized carbons (Fsp3) is 0.667. The van der Waals surface area contributed by atoms with Crippen LogP contribution in [0, 0.1) is 0 Å². The molecule has 10 nitrogen and oxygen atoms in total. The van der Waals surface area contributed by atoms with Crippen LogP contribution >= 0.6 is 0 Å². The molecule has 1 aliphatic heterocycles. The Labute approximate surface area is 144 Å². The molecule has 0 aromatic carbocycles. The van der Waals surface area contributed by atoms with Crippen LogP contribution in [0.25, 0.3) is 0 Å². The maximum atomic E-state index is 12.6. The van der Waals surface area contributed by atoms with Gasteiger partial charge in [0, 0.05) is 6.42 Å². The number of carbonyl (C=O) groups is 5. The number of likely N-dealkylation sites (tertiary alicyclic amines) is 1. The quantitative estimate of drug-likeness (QED) is 0.303. The van der Waals surface area contributed by atoms with Crippen molar-refractivity contribution < 1.29 is 29.1 Å². The zero-order valence-corrected chi connectivity index (χ0v) is 14.0. The number of aliphatic carboxylic acids is 1. The van der Waals surface area contributed by atoms with Crippen molar-refractivity contribution in [1.82, 2.24) is 10.2 Å². The molecule has 0 radical (unpaired) electrons. The van der Waals surface area contributed by atoms with Crippen LogP contribution in [0.5, 0.6) is 0 Å². The topological polar surface area (TPSA) is 173 Å². The van der Waals surface area contributed by atoms with E-state index < -0.39 is 47.9 Å². The van der Waals surface area contributed by atoms with Crippen molar-refractivity contribution in [3.63, 3.8) is 0 Å². The third-order valence-corrected chi connectivity index (χ3v) is 4.02. The predicted octanol–water partition coefficient (Wildman–Crippen LogP) is -1.88. The van der Waals surface area contributed by atoms with Crippen molar-refractivity contribution in [3.05, 3.63) is 0 Å². The van der Waals surface area contributed by atoms with Gasteiger partial charge in [0.1, 0.15) is 12.3 Å². The number of carboxylic acids is 1. The molecule has 0 aromatic rings. The molecule has 0 unspecified atom stereocenters. The van der Waals surface area contributed by atoms with E-state index in [1.54, 1.807) is 0 Å². The molecule has 1 saturated heterocycles. The van der Waals surface area contributed by atoms with Gasteiger partial charge in [-0.05, 0) is 32.6 Å². The van der Waals surface area contributed by atoms with Crippen LogP contribution in [-0.2, 0) is 24.0 Å². The summed E-state index contributed by atoms with van der Waals surface area (Å²) in [6.45, 7) is 1.38. The Morgan fingerprint density at radius 3 is 2.56 bits per heavy atom. The van der Waals surface area contributed by atoms with Crippen molar-refractivity contribution in [2.45, 2.75) is 63.2 Å². The van der Waals surface area contributed by atoms with E-state index in [0.717, 1.165) is 4.90 Å². The van der Waals surface area contributed by atoms with E-state index in [1.807, 2.05) is 0 Å². The number of hydrogen-bond donors (Lipinski definition) is 4. The van der Waals surface area contributed by atoms with E-state index in [-0.39, 0.29) is 19.3 Å². The number of aldehydes is 1. The maximum absolute atomic E-state index is 12.6. The molecule has 0 spiro atoms. The summed E-state index contributed by atoms with van der Waals surface area (Å²) in [5.74, 6) is -3.16. The molecule has 3 amide bonds. The summed E-state index contributed by atoms with van der Waals surface area (Å²) in [7, 11) is 0. The van der Waals surface area contributed by atoms with Crippen LogP contribution in [0.4, 0.5) is 0 Å². The molecule has 6 N–H and O–H groups in total. The highest BCUT2D eigenvalue weighted by Gasteiger charge is 2.37. The number of rotatable bonds is 7. The highest BCUT2D eigenvalue weighted by Crippen LogP contribution is 2.15. The molecule has 4 atom stereocenters. The van der Waals surface area contributed by atoms with Crippen LogP contribution in [-0.4, -0.2) is 64.2 Å². The highest BCUT2D eigenvalue weighted by atomic mass is 16.4. The molecule has 10 heteroatoms. The number of carboxylic acid groups (broad SMARTS) is 1. The Kier molecular flexibility index (Phi) is 7.65. The molecule has 140 valence electrons. The zero-order valence-electron chi connectivity index (χ0n) is 14.0. The number of amides is 3. The summed E-state index contributed by atoms with van der Waals surface area (Å²) in [4.78, 5) is 59.3. The highest BCUT2D eigenvalue weighted by molar-refractivity contribution is 6.03. The summed E-state index contributed by atoms with van der Waals surface area (Å²) < 4.78 is 0. The Morgan fingerprint density at radius 1 is 1.36 bits per heavy atom. The lowest BCUT2D eigenvalue weighted by Gasteiger charge is -2.33. The molecule has 0 aromatic heterocycles. The molecule has 0 aliphatic carbocycles.